The molecule has 0 amide bonds. The number of aryl methyl sites for hydroxylation is 1. The highest BCUT2D eigenvalue weighted by atomic mass is 79.9. The van der Waals surface area contributed by atoms with Crippen molar-refractivity contribution in [3.05, 3.63) is 69.2 Å². The number of hydrogen-bond donors (Lipinski definition) is 0. The summed E-state index contributed by atoms with van der Waals surface area (Å²) >= 11 is 3.53. The van der Waals surface area contributed by atoms with Crippen molar-refractivity contribution in [2.24, 2.45) is 0 Å². The molecule has 98 valence electrons. The number of hydrogen-bond acceptors (Lipinski definition) is 1. The van der Waals surface area contributed by atoms with Crippen molar-refractivity contribution in [1.82, 2.24) is 4.90 Å². The van der Waals surface area contributed by atoms with Gasteiger partial charge < -0.3 is 0 Å². The molecule has 0 radical (unpaired) electrons. The van der Waals surface area contributed by atoms with E-state index in [-0.39, 0.29) is 0 Å². The van der Waals surface area contributed by atoms with E-state index in [9.17, 15) is 0 Å². The summed E-state index contributed by atoms with van der Waals surface area (Å²) in [6.45, 7) is 5.48. The fourth-order valence-electron chi connectivity index (χ4n) is 2.77. The van der Waals surface area contributed by atoms with E-state index in [1.54, 1.807) is 0 Å². The molecule has 0 saturated heterocycles. The van der Waals surface area contributed by atoms with Gasteiger partial charge in [-0.15, -0.1) is 0 Å². The highest BCUT2D eigenvalue weighted by molar-refractivity contribution is 9.10. The fraction of sp³-hybridized carbons (Fsp3) is 0.294. The zero-order chi connectivity index (χ0) is 13.2. The molecule has 0 spiro atoms. The second-order valence-electron chi connectivity index (χ2n) is 5.30. The maximum atomic E-state index is 3.53. The molecule has 0 fully saturated rings. The van der Waals surface area contributed by atoms with Gasteiger partial charge in [-0.3, -0.25) is 4.90 Å². The van der Waals surface area contributed by atoms with Crippen LogP contribution in [0.3, 0.4) is 0 Å². The summed E-state index contributed by atoms with van der Waals surface area (Å²) in [6, 6.07) is 15.4. The first-order chi connectivity index (χ1) is 9.22. The third-order valence-electron chi connectivity index (χ3n) is 3.91. The topological polar surface area (TPSA) is 3.24 Å². The maximum Gasteiger partial charge on any atom is 0.0240 e. The lowest BCUT2D eigenvalue weighted by Crippen LogP contribution is -2.30. The Hall–Kier alpha value is -1.12. The summed E-state index contributed by atoms with van der Waals surface area (Å²) < 4.78 is 1.16. The summed E-state index contributed by atoms with van der Waals surface area (Å²) in [5.41, 5.74) is 5.81. The second kappa shape index (κ2) is 5.48. The number of nitrogens with zero attached hydrogens (tertiary/aromatic N) is 1. The lowest BCUT2D eigenvalue weighted by Gasteiger charge is -2.29. The molecule has 2 aromatic carbocycles. The van der Waals surface area contributed by atoms with Gasteiger partial charge in [-0.2, -0.15) is 0 Å². The zero-order valence-electron chi connectivity index (χ0n) is 11.2. The summed E-state index contributed by atoms with van der Waals surface area (Å²) in [5, 5.41) is 0. The normalized spacial score (nSPS) is 15.3. The van der Waals surface area contributed by atoms with Crippen LogP contribution in [0.15, 0.2) is 46.9 Å². The van der Waals surface area contributed by atoms with Gasteiger partial charge in [0.2, 0.25) is 0 Å². The van der Waals surface area contributed by atoms with Crippen molar-refractivity contribution in [2.75, 3.05) is 6.54 Å². The van der Waals surface area contributed by atoms with E-state index in [1.807, 2.05) is 0 Å². The Bertz CT molecular complexity index is 592. The van der Waals surface area contributed by atoms with E-state index in [0.29, 0.717) is 0 Å². The van der Waals surface area contributed by atoms with Crippen LogP contribution in [0.5, 0.6) is 0 Å². The molecule has 2 heteroatoms. The molecular weight excluding hydrogens is 298 g/mol. The average molecular weight is 316 g/mol. The van der Waals surface area contributed by atoms with E-state index >= 15 is 0 Å². The molecule has 0 N–H and O–H groups in total. The number of benzene rings is 2. The molecule has 1 nitrogen and oxygen atoms in total. The summed E-state index contributed by atoms with van der Waals surface area (Å²) in [4.78, 5) is 2.54. The van der Waals surface area contributed by atoms with Gasteiger partial charge in [0.1, 0.15) is 0 Å². The van der Waals surface area contributed by atoms with Crippen molar-refractivity contribution in [1.29, 1.82) is 0 Å². The lowest BCUT2D eigenvalue weighted by atomic mass is 9.99. The molecule has 1 heterocycles. The minimum atomic E-state index is 1.05. The third kappa shape index (κ3) is 2.90. The molecule has 0 unspecified atom stereocenters. The summed E-state index contributed by atoms with van der Waals surface area (Å²) in [6.07, 6.45) is 1.17. The third-order valence-corrected chi connectivity index (χ3v) is 4.40. The van der Waals surface area contributed by atoms with Crippen molar-refractivity contribution >= 4 is 15.9 Å². The number of halogens is 1. The van der Waals surface area contributed by atoms with Crippen LogP contribution in [0.25, 0.3) is 0 Å². The van der Waals surface area contributed by atoms with Crippen LogP contribution in [0.4, 0.5) is 0 Å². The standard InChI is InChI=1S/C17H18BrN/c1-13-10-17(18)7-6-15(13)11-19-9-8-14-4-2-3-5-16(14)12-19/h2-7,10H,8-9,11-12H2,1H3. The maximum absolute atomic E-state index is 3.53. The first kappa shape index (κ1) is 12.9. The van der Waals surface area contributed by atoms with Gasteiger partial charge in [-0.25, -0.2) is 0 Å². The van der Waals surface area contributed by atoms with Crippen LogP contribution in [-0.4, -0.2) is 11.4 Å². The molecule has 1 aliphatic heterocycles. The molecule has 19 heavy (non-hydrogen) atoms. The molecule has 0 aliphatic carbocycles. The van der Waals surface area contributed by atoms with Crippen molar-refractivity contribution < 1.29 is 0 Å². The second-order valence-corrected chi connectivity index (χ2v) is 6.22. The van der Waals surface area contributed by atoms with Crippen LogP contribution in [0.1, 0.15) is 22.3 Å². The van der Waals surface area contributed by atoms with Gasteiger partial charge in [-0.1, -0.05) is 46.3 Å². The summed E-state index contributed by atoms with van der Waals surface area (Å²) in [7, 11) is 0. The van der Waals surface area contributed by atoms with Gasteiger partial charge in [0.05, 0.1) is 0 Å². The largest absolute Gasteiger partial charge is 0.294 e. The molecule has 0 saturated carbocycles. The zero-order valence-corrected chi connectivity index (χ0v) is 12.8. The predicted molar refractivity (Wildman–Crippen MR) is 83.1 cm³/mol. The highest BCUT2D eigenvalue weighted by Gasteiger charge is 2.16. The molecule has 3 rings (SSSR count). The fourth-order valence-corrected chi connectivity index (χ4v) is 3.24. The Morgan fingerprint density at radius 1 is 1.11 bits per heavy atom. The van der Waals surface area contributed by atoms with Crippen molar-refractivity contribution in [3.63, 3.8) is 0 Å². The van der Waals surface area contributed by atoms with Gasteiger partial charge >= 0.3 is 0 Å². The molecular formula is C17H18BrN. The van der Waals surface area contributed by atoms with Crippen LogP contribution in [-0.2, 0) is 19.5 Å². The Morgan fingerprint density at radius 2 is 1.89 bits per heavy atom. The van der Waals surface area contributed by atoms with Crippen LogP contribution in [0.2, 0.25) is 0 Å². The SMILES string of the molecule is Cc1cc(Br)ccc1CN1CCc2ccccc2C1. The molecule has 0 atom stereocenters. The number of rotatable bonds is 2. The molecule has 2 aromatic rings. The van der Waals surface area contributed by atoms with Gasteiger partial charge in [-0.05, 0) is 47.7 Å². The first-order valence-electron chi connectivity index (χ1n) is 6.76. The van der Waals surface area contributed by atoms with Crippen molar-refractivity contribution in [2.45, 2.75) is 26.4 Å². The van der Waals surface area contributed by atoms with E-state index in [1.165, 1.54) is 28.7 Å². The van der Waals surface area contributed by atoms with Crippen LogP contribution < -0.4 is 0 Å². The number of fused-ring (bicyclic) bond motifs is 1. The Labute approximate surface area is 123 Å². The van der Waals surface area contributed by atoms with E-state index in [0.717, 1.165) is 24.1 Å². The van der Waals surface area contributed by atoms with E-state index in [4.69, 9.17) is 0 Å². The monoisotopic (exact) mass is 315 g/mol. The van der Waals surface area contributed by atoms with Gasteiger partial charge in [0.15, 0.2) is 0 Å². The van der Waals surface area contributed by atoms with Gasteiger partial charge in [0, 0.05) is 24.1 Å². The minimum Gasteiger partial charge on any atom is -0.294 e. The molecule has 1 aliphatic rings. The quantitative estimate of drug-likeness (QED) is 0.798. The first-order valence-corrected chi connectivity index (χ1v) is 7.56. The minimum absolute atomic E-state index is 1.05. The Kier molecular flexibility index (Phi) is 3.72. The summed E-state index contributed by atoms with van der Waals surface area (Å²) in [5.74, 6) is 0. The predicted octanol–water partition coefficient (Wildman–Crippen LogP) is 4.32. The van der Waals surface area contributed by atoms with Gasteiger partial charge in [0.25, 0.3) is 0 Å². The Balaban J connectivity index is 1.75. The smallest absolute Gasteiger partial charge is 0.0240 e. The average Bonchev–Trinajstić information content (AvgIpc) is 2.42. The van der Waals surface area contributed by atoms with Crippen LogP contribution in [0, 0.1) is 6.92 Å². The highest BCUT2D eigenvalue weighted by Crippen LogP contribution is 2.22. The Morgan fingerprint density at radius 3 is 2.68 bits per heavy atom. The van der Waals surface area contributed by atoms with Crippen molar-refractivity contribution in [3.8, 4) is 0 Å². The molecule has 0 bridgehead atoms. The van der Waals surface area contributed by atoms with E-state index in [2.05, 4.69) is 70.2 Å². The van der Waals surface area contributed by atoms with Crippen LogP contribution >= 0.6 is 15.9 Å². The molecule has 0 aromatic heterocycles. The lowest BCUT2D eigenvalue weighted by molar-refractivity contribution is 0.245. The van der Waals surface area contributed by atoms with E-state index < -0.39 is 0 Å².